The van der Waals surface area contributed by atoms with Crippen molar-refractivity contribution in [1.82, 2.24) is 9.55 Å². The molecule has 1 saturated heterocycles. The monoisotopic (exact) mass is 424 g/mol. The fourth-order valence-corrected chi connectivity index (χ4v) is 7.08. The van der Waals surface area contributed by atoms with E-state index in [1.54, 1.807) is 11.8 Å². The van der Waals surface area contributed by atoms with Crippen LogP contribution in [0.5, 0.6) is 0 Å². The highest BCUT2D eigenvalue weighted by atomic mass is 32.2. The highest BCUT2D eigenvalue weighted by molar-refractivity contribution is 7.98. The van der Waals surface area contributed by atoms with Crippen LogP contribution in [0.15, 0.2) is 34.1 Å². The Labute approximate surface area is 183 Å². The first kappa shape index (κ1) is 20.3. The first-order chi connectivity index (χ1) is 14.4. The molecule has 1 aromatic carbocycles. The maximum Gasteiger partial charge on any atom is 0.349 e. The van der Waals surface area contributed by atoms with E-state index in [1.807, 2.05) is 4.57 Å². The number of benzene rings is 1. The average molecular weight is 425 g/mol. The fourth-order valence-electron chi connectivity index (χ4n) is 6.14. The van der Waals surface area contributed by atoms with Gasteiger partial charge in [0, 0.05) is 29.2 Å². The van der Waals surface area contributed by atoms with Crippen LogP contribution < -0.4 is 5.69 Å². The van der Waals surface area contributed by atoms with E-state index in [0.717, 1.165) is 35.5 Å². The van der Waals surface area contributed by atoms with E-state index in [-0.39, 0.29) is 22.7 Å². The Morgan fingerprint density at radius 3 is 2.67 bits per heavy atom. The van der Waals surface area contributed by atoms with E-state index in [0.29, 0.717) is 6.61 Å². The van der Waals surface area contributed by atoms with Gasteiger partial charge in [-0.05, 0) is 57.8 Å². The van der Waals surface area contributed by atoms with Crippen LogP contribution in [0.2, 0.25) is 0 Å². The Kier molecular flexibility index (Phi) is 5.10. The second kappa shape index (κ2) is 7.52. The van der Waals surface area contributed by atoms with Gasteiger partial charge in [-0.3, -0.25) is 4.57 Å². The third-order valence-corrected chi connectivity index (χ3v) is 8.24. The van der Waals surface area contributed by atoms with Gasteiger partial charge in [-0.2, -0.15) is 4.98 Å². The van der Waals surface area contributed by atoms with Gasteiger partial charge in [-0.25, -0.2) is 4.79 Å². The average Bonchev–Trinajstić information content (AvgIpc) is 2.72. The highest BCUT2D eigenvalue weighted by Gasteiger charge is 2.44. The molecule has 1 saturated carbocycles. The molecule has 4 nitrogen and oxygen atoms in total. The zero-order valence-corrected chi connectivity index (χ0v) is 19.2. The molecule has 1 aliphatic heterocycles. The number of ether oxygens (including phenoxy) is 1. The third kappa shape index (κ3) is 3.25. The lowest BCUT2D eigenvalue weighted by Crippen LogP contribution is -2.43. The van der Waals surface area contributed by atoms with Crippen LogP contribution in [0.1, 0.15) is 76.0 Å². The van der Waals surface area contributed by atoms with Crippen molar-refractivity contribution in [3.63, 3.8) is 0 Å². The molecular weight excluding hydrogens is 392 g/mol. The Bertz CT molecular complexity index is 1020. The highest BCUT2D eigenvalue weighted by Crippen LogP contribution is 2.52. The zero-order chi connectivity index (χ0) is 20.9. The molecule has 1 spiro atoms. The molecule has 3 aliphatic rings. The van der Waals surface area contributed by atoms with E-state index < -0.39 is 0 Å². The zero-order valence-electron chi connectivity index (χ0n) is 18.4. The summed E-state index contributed by atoms with van der Waals surface area (Å²) in [4.78, 5) is 18.2. The van der Waals surface area contributed by atoms with Crippen molar-refractivity contribution in [2.45, 2.75) is 87.3 Å². The van der Waals surface area contributed by atoms with E-state index in [2.05, 4.69) is 44.4 Å². The molecule has 2 aliphatic carbocycles. The van der Waals surface area contributed by atoms with Gasteiger partial charge in [0.25, 0.3) is 0 Å². The van der Waals surface area contributed by atoms with Gasteiger partial charge in [0.1, 0.15) is 0 Å². The Hall–Kier alpha value is -1.59. The summed E-state index contributed by atoms with van der Waals surface area (Å²) in [5.74, 6) is 0. The van der Waals surface area contributed by atoms with E-state index >= 15 is 0 Å². The Balaban J connectivity index is 1.76. The number of thioether (sulfide) groups is 1. The van der Waals surface area contributed by atoms with Crippen LogP contribution in [0.4, 0.5) is 0 Å². The predicted octanol–water partition coefficient (Wildman–Crippen LogP) is 5.52. The molecule has 2 fully saturated rings. The molecule has 5 rings (SSSR count). The van der Waals surface area contributed by atoms with Crippen molar-refractivity contribution >= 4 is 11.8 Å². The van der Waals surface area contributed by atoms with Gasteiger partial charge in [-0.15, -0.1) is 11.8 Å². The van der Waals surface area contributed by atoms with Crippen LogP contribution in [-0.4, -0.2) is 28.0 Å². The van der Waals surface area contributed by atoms with Gasteiger partial charge < -0.3 is 4.74 Å². The number of rotatable bonds is 2. The van der Waals surface area contributed by atoms with Crippen LogP contribution >= 0.6 is 11.8 Å². The molecule has 0 N–H and O–H groups in total. The van der Waals surface area contributed by atoms with Crippen LogP contribution in [0.25, 0.3) is 11.3 Å². The van der Waals surface area contributed by atoms with Crippen LogP contribution in [0.3, 0.4) is 0 Å². The summed E-state index contributed by atoms with van der Waals surface area (Å²) >= 11 is 1.74. The number of nitrogens with zero attached hydrogens (tertiary/aromatic N) is 2. The first-order valence-corrected chi connectivity index (χ1v) is 12.6. The summed E-state index contributed by atoms with van der Waals surface area (Å²) in [6.07, 6.45) is 11.2. The summed E-state index contributed by atoms with van der Waals surface area (Å²) in [6.45, 7) is 4.96. The third-order valence-electron chi connectivity index (χ3n) is 7.45. The van der Waals surface area contributed by atoms with E-state index in [1.165, 1.54) is 43.2 Å². The van der Waals surface area contributed by atoms with Crippen LogP contribution in [-0.2, 0) is 16.6 Å². The molecule has 1 unspecified atom stereocenters. The smallest absolute Gasteiger partial charge is 0.349 e. The van der Waals surface area contributed by atoms with E-state index in [4.69, 9.17) is 9.72 Å². The van der Waals surface area contributed by atoms with Crippen molar-refractivity contribution in [2.75, 3.05) is 12.9 Å². The minimum Gasteiger partial charge on any atom is -0.375 e. The van der Waals surface area contributed by atoms with Gasteiger partial charge in [0.05, 0.1) is 16.3 Å². The number of hydrogen-bond donors (Lipinski definition) is 0. The number of aromatic nitrogens is 2. The summed E-state index contributed by atoms with van der Waals surface area (Å²) in [6, 6.07) is 8.75. The number of hydrogen-bond acceptors (Lipinski definition) is 4. The molecule has 2 heterocycles. The Morgan fingerprint density at radius 2 is 1.93 bits per heavy atom. The topological polar surface area (TPSA) is 44.1 Å². The molecule has 160 valence electrons. The van der Waals surface area contributed by atoms with Gasteiger partial charge in [0.15, 0.2) is 0 Å². The molecule has 30 heavy (non-hydrogen) atoms. The molecule has 1 atom stereocenters. The van der Waals surface area contributed by atoms with Crippen molar-refractivity contribution in [2.24, 2.45) is 0 Å². The molecular formula is C25H32N2O2S. The largest absolute Gasteiger partial charge is 0.375 e. The lowest BCUT2D eigenvalue weighted by Gasteiger charge is -2.44. The maximum absolute atomic E-state index is 13.5. The standard InChI is InChI=1S/C25H32N2O2S/c1-24(2)16-18(11-14-29-24)27-22(30-3)20-21(26-23(27)28)19-10-6-5-9-17(19)15-25(20)12-7-4-8-13-25/h5-6,9-10,18H,4,7-8,11-16H2,1-3H3. The second-order valence-corrected chi connectivity index (χ2v) is 10.7. The number of fused-ring (bicyclic) bond motifs is 4. The van der Waals surface area contributed by atoms with Crippen molar-refractivity contribution < 1.29 is 4.74 Å². The van der Waals surface area contributed by atoms with Crippen molar-refractivity contribution in [1.29, 1.82) is 0 Å². The molecule has 2 aromatic rings. The fraction of sp³-hybridized carbons (Fsp3) is 0.600. The Morgan fingerprint density at radius 1 is 1.17 bits per heavy atom. The summed E-state index contributed by atoms with van der Waals surface area (Å²) < 4.78 is 8.00. The maximum atomic E-state index is 13.5. The molecule has 0 radical (unpaired) electrons. The van der Waals surface area contributed by atoms with Gasteiger partial charge in [-0.1, -0.05) is 43.5 Å². The lowest BCUT2D eigenvalue weighted by molar-refractivity contribution is -0.0710. The second-order valence-electron chi connectivity index (χ2n) is 9.93. The quantitative estimate of drug-likeness (QED) is 0.470. The SMILES string of the molecule is CSc1c2c(nc(=O)n1C1CCOC(C)(C)C1)-c1ccccc1CC21CCCCC1. The normalized spacial score (nSPS) is 24.3. The van der Waals surface area contributed by atoms with Gasteiger partial charge >= 0.3 is 5.69 Å². The van der Waals surface area contributed by atoms with E-state index in [9.17, 15) is 4.79 Å². The van der Waals surface area contributed by atoms with Crippen molar-refractivity contribution in [3.05, 3.63) is 45.9 Å². The summed E-state index contributed by atoms with van der Waals surface area (Å²) in [5, 5.41) is 1.16. The minimum atomic E-state index is -0.205. The lowest BCUT2D eigenvalue weighted by atomic mass is 9.62. The summed E-state index contributed by atoms with van der Waals surface area (Å²) in [7, 11) is 0. The van der Waals surface area contributed by atoms with Gasteiger partial charge in [0.2, 0.25) is 0 Å². The molecule has 0 bridgehead atoms. The first-order valence-electron chi connectivity index (χ1n) is 11.4. The van der Waals surface area contributed by atoms with Crippen LogP contribution in [0, 0.1) is 0 Å². The predicted molar refractivity (Wildman–Crippen MR) is 122 cm³/mol. The minimum absolute atomic E-state index is 0.0940. The van der Waals surface area contributed by atoms with Crippen molar-refractivity contribution in [3.8, 4) is 11.3 Å². The molecule has 0 amide bonds. The molecule has 1 aromatic heterocycles. The molecule has 5 heteroatoms. The summed E-state index contributed by atoms with van der Waals surface area (Å²) in [5.41, 5.74) is 4.65.